The van der Waals surface area contributed by atoms with E-state index < -0.39 is 0 Å². The highest BCUT2D eigenvalue weighted by molar-refractivity contribution is 6.07. The minimum Gasteiger partial charge on any atom is -0.435 e. The average Bonchev–Trinajstić information content (AvgIpc) is 2.85. The van der Waals surface area contributed by atoms with Gasteiger partial charge in [0.1, 0.15) is 0 Å². The molecule has 21 heavy (non-hydrogen) atoms. The maximum absolute atomic E-state index is 11.9. The number of benzene rings is 1. The second-order valence-electron chi connectivity index (χ2n) is 4.71. The van der Waals surface area contributed by atoms with Crippen LogP contribution in [0.25, 0.3) is 5.76 Å². The zero-order valence-electron chi connectivity index (χ0n) is 11.6. The number of ketones is 1. The first-order valence-corrected chi connectivity index (χ1v) is 6.81. The maximum Gasteiger partial charge on any atom is 0.235 e. The summed E-state index contributed by atoms with van der Waals surface area (Å²) in [5.74, 6) is 0.562. The second-order valence-corrected chi connectivity index (χ2v) is 4.71. The van der Waals surface area contributed by atoms with E-state index in [-0.39, 0.29) is 11.7 Å². The number of hydroxylamine groups is 2. The number of carbonyl (C=O) groups is 1. The van der Waals surface area contributed by atoms with Crippen LogP contribution in [0.5, 0.6) is 0 Å². The van der Waals surface area contributed by atoms with Gasteiger partial charge in [-0.2, -0.15) is 5.06 Å². The van der Waals surface area contributed by atoms with E-state index in [1.165, 1.54) is 6.08 Å². The zero-order valence-corrected chi connectivity index (χ0v) is 11.6. The molecule has 1 N–H and O–H groups in total. The topological polar surface area (TPSA) is 49.8 Å². The normalized spacial score (nSPS) is 21.2. The smallest absolute Gasteiger partial charge is 0.235 e. The van der Waals surface area contributed by atoms with Gasteiger partial charge in [0.25, 0.3) is 0 Å². The summed E-state index contributed by atoms with van der Waals surface area (Å²) in [5, 5.41) is 11.3. The van der Waals surface area contributed by atoms with Crippen LogP contribution in [0.3, 0.4) is 0 Å². The molecule has 1 aromatic carbocycles. The van der Waals surface area contributed by atoms with Gasteiger partial charge in [-0.1, -0.05) is 49.4 Å². The molecule has 0 unspecified atom stereocenters. The SMILES string of the molecule is CCC1=C(c2ccccc2)OC(=C2C=CC=CC2=O)N1O. The summed E-state index contributed by atoms with van der Waals surface area (Å²) in [6, 6.07) is 9.54. The Kier molecular flexibility index (Phi) is 3.46. The fourth-order valence-electron chi connectivity index (χ4n) is 2.36. The Balaban J connectivity index is 2.05. The van der Waals surface area contributed by atoms with Gasteiger partial charge in [0.15, 0.2) is 11.5 Å². The van der Waals surface area contributed by atoms with E-state index in [0.29, 0.717) is 23.5 Å². The first-order chi connectivity index (χ1) is 10.2. The van der Waals surface area contributed by atoms with Gasteiger partial charge in [0, 0.05) is 5.56 Å². The number of nitrogens with zero attached hydrogens (tertiary/aromatic N) is 1. The minimum atomic E-state index is -0.184. The molecule has 0 saturated heterocycles. The minimum absolute atomic E-state index is 0.163. The summed E-state index contributed by atoms with van der Waals surface area (Å²) in [4.78, 5) is 11.9. The summed E-state index contributed by atoms with van der Waals surface area (Å²) >= 11 is 0. The highest BCUT2D eigenvalue weighted by Crippen LogP contribution is 2.37. The van der Waals surface area contributed by atoms with Crippen molar-refractivity contribution >= 4 is 11.5 Å². The molecule has 4 nitrogen and oxygen atoms in total. The van der Waals surface area contributed by atoms with Crippen molar-refractivity contribution in [3.05, 3.63) is 77.4 Å². The standard InChI is InChI=1S/C17H15NO3/c1-2-14-16(12-8-4-3-5-9-12)21-17(18(14)20)13-10-6-7-11-15(13)19/h3-11,20H,2H2,1H3. The maximum atomic E-state index is 11.9. The van der Waals surface area contributed by atoms with Gasteiger partial charge < -0.3 is 4.74 Å². The fraction of sp³-hybridized carbons (Fsp3) is 0.118. The Bertz CT molecular complexity index is 696. The van der Waals surface area contributed by atoms with Gasteiger partial charge >= 0.3 is 0 Å². The van der Waals surface area contributed by atoms with Crippen molar-refractivity contribution in [3.63, 3.8) is 0 Å². The van der Waals surface area contributed by atoms with Gasteiger partial charge in [-0.3, -0.25) is 10.0 Å². The molecule has 1 aromatic rings. The number of hydrogen-bond acceptors (Lipinski definition) is 4. The van der Waals surface area contributed by atoms with Crippen LogP contribution in [0.1, 0.15) is 18.9 Å². The van der Waals surface area contributed by atoms with Crippen molar-refractivity contribution in [2.45, 2.75) is 13.3 Å². The van der Waals surface area contributed by atoms with Gasteiger partial charge in [-0.15, -0.1) is 0 Å². The molecule has 2 aliphatic rings. The van der Waals surface area contributed by atoms with Gasteiger partial charge in [0.2, 0.25) is 5.88 Å². The van der Waals surface area contributed by atoms with Crippen molar-refractivity contribution in [1.82, 2.24) is 5.06 Å². The van der Waals surface area contributed by atoms with Crippen molar-refractivity contribution in [1.29, 1.82) is 0 Å². The van der Waals surface area contributed by atoms with E-state index in [2.05, 4.69) is 0 Å². The van der Waals surface area contributed by atoms with E-state index in [1.807, 2.05) is 37.3 Å². The largest absolute Gasteiger partial charge is 0.435 e. The third-order valence-corrected chi connectivity index (χ3v) is 3.40. The van der Waals surface area contributed by atoms with Crippen molar-refractivity contribution in [3.8, 4) is 0 Å². The summed E-state index contributed by atoms with van der Waals surface area (Å²) in [6.07, 6.45) is 7.08. The van der Waals surface area contributed by atoms with Crippen LogP contribution in [-0.2, 0) is 9.53 Å². The predicted molar refractivity (Wildman–Crippen MR) is 78.7 cm³/mol. The lowest BCUT2D eigenvalue weighted by Crippen LogP contribution is -2.17. The van der Waals surface area contributed by atoms with Crippen molar-refractivity contribution < 1.29 is 14.7 Å². The lowest BCUT2D eigenvalue weighted by molar-refractivity contribution is -0.112. The average molecular weight is 281 g/mol. The van der Waals surface area contributed by atoms with Crippen LogP contribution >= 0.6 is 0 Å². The second kappa shape index (κ2) is 5.42. The van der Waals surface area contributed by atoms with Gasteiger partial charge in [-0.25, -0.2) is 0 Å². The van der Waals surface area contributed by atoms with E-state index in [0.717, 1.165) is 10.6 Å². The molecule has 0 amide bonds. The fourth-order valence-corrected chi connectivity index (χ4v) is 2.36. The van der Waals surface area contributed by atoms with E-state index >= 15 is 0 Å². The Morgan fingerprint density at radius 2 is 1.86 bits per heavy atom. The third kappa shape index (κ3) is 2.30. The summed E-state index contributed by atoms with van der Waals surface area (Å²) < 4.78 is 5.80. The molecule has 0 radical (unpaired) electrons. The molecule has 0 atom stereocenters. The molecule has 106 valence electrons. The number of rotatable bonds is 2. The highest BCUT2D eigenvalue weighted by atomic mass is 16.6. The monoisotopic (exact) mass is 281 g/mol. The number of hydrogen-bond donors (Lipinski definition) is 1. The molecule has 1 heterocycles. The first kappa shape index (κ1) is 13.4. The van der Waals surface area contributed by atoms with Crippen LogP contribution in [0.15, 0.2) is 71.8 Å². The molecule has 0 aromatic heterocycles. The molecule has 1 aliphatic carbocycles. The number of carbonyl (C=O) groups excluding carboxylic acids is 1. The van der Waals surface area contributed by atoms with E-state index in [4.69, 9.17) is 4.74 Å². The summed E-state index contributed by atoms with van der Waals surface area (Å²) in [5.41, 5.74) is 1.85. The Hall–Kier alpha value is -2.59. The van der Waals surface area contributed by atoms with Crippen LogP contribution < -0.4 is 0 Å². The first-order valence-electron chi connectivity index (χ1n) is 6.81. The molecule has 3 rings (SSSR count). The van der Waals surface area contributed by atoms with Crippen LogP contribution in [0.2, 0.25) is 0 Å². The Labute approximate surface area is 122 Å². The molecule has 0 spiro atoms. The molecular formula is C17H15NO3. The summed E-state index contributed by atoms with van der Waals surface area (Å²) in [7, 11) is 0. The molecule has 4 heteroatoms. The van der Waals surface area contributed by atoms with Crippen molar-refractivity contribution in [2.75, 3.05) is 0 Å². The molecule has 1 aliphatic heterocycles. The van der Waals surface area contributed by atoms with Crippen LogP contribution in [0.4, 0.5) is 0 Å². The van der Waals surface area contributed by atoms with E-state index in [9.17, 15) is 10.0 Å². The molecule has 0 bridgehead atoms. The van der Waals surface area contributed by atoms with Gasteiger partial charge in [-0.05, 0) is 18.6 Å². The Morgan fingerprint density at radius 1 is 1.14 bits per heavy atom. The van der Waals surface area contributed by atoms with Crippen LogP contribution in [0, 0.1) is 0 Å². The Morgan fingerprint density at radius 3 is 2.52 bits per heavy atom. The highest BCUT2D eigenvalue weighted by Gasteiger charge is 2.32. The van der Waals surface area contributed by atoms with Crippen LogP contribution in [-0.4, -0.2) is 16.1 Å². The van der Waals surface area contributed by atoms with E-state index in [1.54, 1.807) is 18.2 Å². The molecule has 0 saturated carbocycles. The summed E-state index contributed by atoms with van der Waals surface area (Å²) in [6.45, 7) is 1.93. The quantitative estimate of drug-likeness (QED) is 0.844. The zero-order chi connectivity index (χ0) is 14.8. The lowest BCUT2D eigenvalue weighted by Gasteiger charge is -2.14. The van der Waals surface area contributed by atoms with Gasteiger partial charge in [0.05, 0.1) is 11.3 Å². The number of ether oxygens (including phenoxy) is 1. The lowest BCUT2D eigenvalue weighted by atomic mass is 10.1. The third-order valence-electron chi connectivity index (χ3n) is 3.40. The molecular weight excluding hydrogens is 266 g/mol. The predicted octanol–water partition coefficient (Wildman–Crippen LogP) is 3.39. The molecule has 0 fully saturated rings. The number of allylic oxidation sites excluding steroid dienone is 6. The van der Waals surface area contributed by atoms with Crippen molar-refractivity contribution in [2.24, 2.45) is 0 Å².